The first-order valence-corrected chi connectivity index (χ1v) is 12.4. The summed E-state index contributed by atoms with van der Waals surface area (Å²) in [6.07, 6.45) is 0.999. The van der Waals surface area contributed by atoms with E-state index in [1.165, 1.54) is 6.92 Å². The minimum Gasteiger partial charge on any atom is -0.366 e. The number of amides is 1. The zero-order chi connectivity index (χ0) is 25.9. The van der Waals surface area contributed by atoms with Crippen molar-refractivity contribution in [3.05, 3.63) is 35.5 Å². The first-order chi connectivity index (χ1) is 16.5. The number of carbonyl (C=O) groups is 1. The Morgan fingerprint density at radius 1 is 1.37 bits per heavy atom. The van der Waals surface area contributed by atoms with Gasteiger partial charge in [-0.3, -0.25) is 9.88 Å². The van der Waals surface area contributed by atoms with Crippen molar-refractivity contribution in [3.63, 3.8) is 0 Å². The fourth-order valence-corrected chi connectivity index (χ4v) is 5.00. The quantitative estimate of drug-likeness (QED) is 0.364. The third kappa shape index (κ3) is 5.44. The summed E-state index contributed by atoms with van der Waals surface area (Å²) >= 11 is 0. The number of carbonyl (C=O) groups excluding carboxylic acids is 1. The van der Waals surface area contributed by atoms with Crippen LogP contribution in [0.3, 0.4) is 0 Å². The average Bonchev–Trinajstić information content (AvgIpc) is 3.13. The van der Waals surface area contributed by atoms with Gasteiger partial charge in [0, 0.05) is 31.2 Å². The lowest BCUT2D eigenvalue weighted by atomic mass is 9.79. The molecule has 0 fully saturated rings. The largest absolute Gasteiger partial charge is 0.366 e. The zero-order valence-corrected chi connectivity index (χ0v) is 22.6. The second-order valence-electron chi connectivity index (χ2n) is 9.59. The lowest BCUT2D eigenvalue weighted by Gasteiger charge is -2.47. The van der Waals surface area contributed by atoms with Crippen LogP contribution in [0.2, 0.25) is 0 Å². The molecule has 0 radical (unpaired) electrons. The molecule has 9 nitrogen and oxygen atoms in total. The number of nitrogens with one attached hydrogen (secondary N) is 2. The molecule has 1 aromatic heterocycles. The smallest absolute Gasteiger partial charge is 0.221 e. The average molecular weight is 495 g/mol. The van der Waals surface area contributed by atoms with Gasteiger partial charge in [-0.15, -0.1) is 10.2 Å². The first kappa shape index (κ1) is 26.5. The third-order valence-electron chi connectivity index (χ3n) is 6.29. The van der Waals surface area contributed by atoms with Gasteiger partial charge in [-0.25, -0.2) is 4.68 Å². The van der Waals surface area contributed by atoms with Gasteiger partial charge in [0.2, 0.25) is 5.91 Å². The normalized spacial score (nSPS) is 16.7. The first-order valence-electron chi connectivity index (χ1n) is 11.8. The van der Waals surface area contributed by atoms with Crippen molar-refractivity contribution < 1.29 is 4.79 Å². The number of aromatic nitrogens is 2. The summed E-state index contributed by atoms with van der Waals surface area (Å²) in [5, 5.41) is 29.3. The molecule has 1 aromatic carbocycles. The van der Waals surface area contributed by atoms with Gasteiger partial charge < -0.3 is 10.2 Å². The van der Waals surface area contributed by atoms with Crippen molar-refractivity contribution in [2.45, 2.75) is 66.0 Å². The lowest BCUT2D eigenvalue weighted by Crippen LogP contribution is -2.48. The van der Waals surface area contributed by atoms with Crippen LogP contribution < -0.4 is 15.3 Å². The van der Waals surface area contributed by atoms with E-state index in [1.54, 1.807) is 4.68 Å². The van der Waals surface area contributed by atoms with Crippen molar-refractivity contribution in [3.8, 4) is 6.07 Å². The van der Waals surface area contributed by atoms with E-state index in [4.69, 9.17) is 0 Å². The maximum Gasteiger partial charge on any atom is 0.221 e. The molecule has 2 unspecified atom stereocenters. The Bertz CT molecular complexity index is 1210. The number of fused-ring (bicyclic) bond motifs is 1. The fourth-order valence-electron chi connectivity index (χ4n) is 4.87. The SMILES string of the molecule is C=C(C)c1nn(CCNP)c(N=Nc2cc3c(cc2NC(C)=O)N(CC)C(C)(C)CC3C)c1C#N. The number of hydrogen-bond donors (Lipinski definition) is 2. The topological polar surface area (TPSA) is 111 Å². The molecule has 10 heteroatoms. The molecule has 2 N–H and O–H groups in total. The van der Waals surface area contributed by atoms with E-state index in [-0.39, 0.29) is 11.4 Å². The summed E-state index contributed by atoms with van der Waals surface area (Å²) in [5.41, 5.74) is 4.90. The highest BCUT2D eigenvalue weighted by molar-refractivity contribution is 7.13. The number of nitrogens with zero attached hydrogens (tertiary/aromatic N) is 6. The van der Waals surface area contributed by atoms with Gasteiger partial charge >= 0.3 is 0 Å². The second kappa shape index (κ2) is 10.7. The molecular formula is C25H35N8OP. The lowest BCUT2D eigenvalue weighted by molar-refractivity contribution is -0.114. The Balaban J connectivity index is 2.17. The second-order valence-corrected chi connectivity index (χ2v) is 10.00. The fraction of sp³-hybridized carbons (Fsp3) is 0.480. The van der Waals surface area contributed by atoms with Crippen LogP contribution in [-0.4, -0.2) is 34.3 Å². The predicted octanol–water partition coefficient (Wildman–Crippen LogP) is 5.65. The number of rotatable bonds is 8. The number of azo groups is 1. The summed E-state index contributed by atoms with van der Waals surface area (Å²) in [6, 6.07) is 6.20. The Morgan fingerprint density at radius 2 is 2.09 bits per heavy atom. The van der Waals surface area contributed by atoms with Crippen LogP contribution >= 0.6 is 9.39 Å². The van der Waals surface area contributed by atoms with Gasteiger partial charge in [0.1, 0.15) is 23.0 Å². The van der Waals surface area contributed by atoms with Crippen LogP contribution in [0.15, 0.2) is 28.9 Å². The van der Waals surface area contributed by atoms with Crippen LogP contribution in [0.1, 0.15) is 70.7 Å². The van der Waals surface area contributed by atoms with E-state index in [9.17, 15) is 10.1 Å². The molecule has 0 bridgehead atoms. The molecule has 1 aliphatic rings. The van der Waals surface area contributed by atoms with E-state index >= 15 is 0 Å². The van der Waals surface area contributed by atoms with Gasteiger partial charge in [-0.2, -0.15) is 10.4 Å². The third-order valence-corrected chi connectivity index (χ3v) is 6.58. The highest BCUT2D eigenvalue weighted by Crippen LogP contribution is 2.47. The molecule has 2 atom stereocenters. The molecule has 0 saturated heterocycles. The zero-order valence-electron chi connectivity index (χ0n) is 21.4. The van der Waals surface area contributed by atoms with E-state index in [0.717, 1.165) is 24.2 Å². The maximum absolute atomic E-state index is 12.0. The molecule has 2 heterocycles. The minimum absolute atomic E-state index is 0.00353. The summed E-state index contributed by atoms with van der Waals surface area (Å²) in [4.78, 5) is 14.4. The number of nitriles is 1. The molecule has 1 amide bonds. The molecule has 2 aromatic rings. The molecule has 35 heavy (non-hydrogen) atoms. The van der Waals surface area contributed by atoms with Crippen LogP contribution in [-0.2, 0) is 11.3 Å². The number of hydrogen-bond acceptors (Lipinski definition) is 7. The van der Waals surface area contributed by atoms with Gasteiger partial charge in [0.15, 0.2) is 5.82 Å². The number of anilines is 2. The summed E-state index contributed by atoms with van der Waals surface area (Å²) in [6.45, 7) is 18.0. The van der Waals surface area contributed by atoms with Crippen molar-refractivity contribution in [2.75, 3.05) is 23.3 Å². The van der Waals surface area contributed by atoms with Crippen molar-refractivity contribution >= 4 is 43.8 Å². The van der Waals surface area contributed by atoms with Gasteiger partial charge in [-0.1, -0.05) is 22.9 Å². The van der Waals surface area contributed by atoms with Crippen molar-refractivity contribution in [2.24, 2.45) is 10.2 Å². The molecule has 0 aliphatic carbocycles. The van der Waals surface area contributed by atoms with Gasteiger partial charge in [0.25, 0.3) is 0 Å². The Kier molecular flexibility index (Phi) is 8.09. The van der Waals surface area contributed by atoms with Crippen LogP contribution in [0.25, 0.3) is 5.57 Å². The van der Waals surface area contributed by atoms with Gasteiger partial charge in [-0.05, 0) is 63.3 Å². The molecule has 1 aliphatic heterocycles. The van der Waals surface area contributed by atoms with Crippen LogP contribution in [0.5, 0.6) is 0 Å². The molecule has 0 saturated carbocycles. The van der Waals surface area contributed by atoms with Crippen LogP contribution in [0.4, 0.5) is 22.9 Å². The van der Waals surface area contributed by atoms with E-state index in [2.05, 4.69) is 80.4 Å². The predicted molar refractivity (Wildman–Crippen MR) is 144 cm³/mol. The standard InChI is InChI=1S/C25H35N8OP/c1-8-32-22-12-20(28-17(5)34)21(11-18(22)16(4)13-25(32,6)7)29-30-24-19(14-26)23(15(2)3)31-33(24)10-9-27-35/h11-12,16,27H,2,8-10,13,35H2,1,3-7H3,(H,28,34). The Labute approximate surface area is 209 Å². The van der Waals surface area contributed by atoms with E-state index in [0.29, 0.717) is 53.0 Å². The Morgan fingerprint density at radius 3 is 2.66 bits per heavy atom. The molecule has 186 valence electrons. The molecule has 3 rings (SSSR count). The number of benzene rings is 1. The maximum atomic E-state index is 12.0. The van der Waals surface area contributed by atoms with Crippen LogP contribution in [0, 0.1) is 11.3 Å². The highest BCUT2D eigenvalue weighted by atomic mass is 31.0. The number of allylic oxidation sites excluding steroid dienone is 1. The summed E-state index contributed by atoms with van der Waals surface area (Å²) < 4.78 is 1.66. The van der Waals surface area contributed by atoms with Gasteiger partial charge in [0.05, 0.1) is 12.2 Å². The highest BCUT2D eigenvalue weighted by Gasteiger charge is 2.36. The summed E-state index contributed by atoms with van der Waals surface area (Å²) in [7, 11) is 2.45. The monoisotopic (exact) mass is 494 g/mol. The Hall–Kier alpha value is -3.08. The summed E-state index contributed by atoms with van der Waals surface area (Å²) in [5.74, 6) is 0.486. The van der Waals surface area contributed by atoms with Crippen molar-refractivity contribution in [1.82, 2.24) is 14.9 Å². The minimum atomic E-state index is -0.189. The molecular weight excluding hydrogens is 459 g/mol. The van der Waals surface area contributed by atoms with E-state index in [1.807, 2.05) is 19.1 Å². The molecule has 0 spiro atoms. The van der Waals surface area contributed by atoms with E-state index < -0.39 is 0 Å². The van der Waals surface area contributed by atoms with Crippen molar-refractivity contribution in [1.29, 1.82) is 5.26 Å².